The van der Waals surface area contributed by atoms with Crippen molar-refractivity contribution in [2.45, 2.75) is 6.92 Å². The predicted octanol–water partition coefficient (Wildman–Crippen LogP) is 5.33. The first-order valence-electron chi connectivity index (χ1n) is 5.73. The Morgan fingerprint density at radius 2 is 1.81 bits per heavy atom. The Hall–Kier alpha value is -2.18. The standard InChI is InChI=1S/C13H9Cl2N3O3/c1-7-4-9(15)13(19)11(5-7)17-16-10-3-2-8(14)6-12(10)18(20)21/h2-6,19H,1H3. The van der Waals surface area contributed by atoms with E-state index < -0.39 is 4.92 Å². The van der Waals surface area contributed by atoms with Gasteiger partial charge in [0.25, 0.3) is 5.69 Å². The summed E-state index contributed by atoms with van der Waals surface area (Å²) < 4.78 is 0. The Morgan fingerprint density at radius 1 is 1.14 bits per heavy atom. The number of nitro benzene ring substituents is 1. The van der Waals surface area contributed by atoms with Crippen molar-refractivity contribution >= 4 is 40.3 Å². The van der Waals surface area contributed by atoms with Crippen LogP contribution in [-0.2, 0) is 0 Å². The van der Waals surface area contributed by atoms with Crippen molar-refractivity contribution in [1.82, 2.24) is 0 Å². The van der Waals surface area contributed by atoms with Crippen LogP contribution in [0.3, 0.4) is 0 Å². The van der Waals surface area contributed by atoms with Gasteiger partial charge < -0.3 is 5.11 Å². The molecule has 0 aliphatic rings. The number of hydrogen-bond acceptors (Lipinski definition) is 5. The zero-order valence-corrected chi connectivity index (χ0v) is 12.3. The molecule has 6 nitrogen and oxygen atoms in total. The lowest BCUT2D eigenvalue weighted by Gasteiger charge is -2.02. The number of hydrogen-bond donors (Lipinski definition) is 1. The summed E-state index contributed by atoms with van der Waals surface area (Å²) in [6.45, 7) is 1.77. The Kier molecular flexibility index (Phi) is 4.40. The molecule has 2 rings (SSSR count). The quantitative estimate of drug-likeness (QED) is 0.469. The molecule has 8 heteroatoms. The van der Waals surface area contributed by atoms with E-state index in [4.69, 9.17) is 23.2 Å². The lowest BCUT2D eigenvalue weighted by atomic mass is 10.2. The van der Waals surface area contributed by atoms with E-state index in [1.54, 1.807) is 19.1 Å². The monoisotopic (exact) mass is 325 g/mol. The van der Waals surface area contributed by atoms with Crippen LogP contribution in [0.4, 0.5) is 17.1 Å². The van der Waals surface area contributed by atoms with E-state index in [1.165, 1.54) is 18.2 Å². The van der Waals surface area contributed by atoms with Crippen LogP contribution in [0.5, 0.6) is 5.75 Å². The molecule has 0 bridgehead atoms. The summed E-state index contributed by atoms with van der Waals surface area (Å²) in [5.74, 6) is -0.234. The lowest BCUT2D eigenvalue weighted by molar-refractivity contribution is -0.384. The average molecular weight is 326 g/mol. The van der Waals surface area contributed by atoms with Crippen LogP contribution < -0.4 is 0 Å². The van der Waals surface area contributed by atoms with Gasteiger partial charge >= 0.3 is 0 Å². The highest BCUT2D eigenvalue weighted by atomic mass is 35.5. The van der Waals surface area contributed by atoms with Crippen molar-refractivity contribution in [3.05, 3.63) is 56.1 Å². The van der Waals surface area contributed by atoms with E-state index >= 15 is 0 Å². The first kappa shape index (κ1) is 15.2. The largest absolute Gasteiger partial charge is 0.504 e. The number of nitrogens with zero attached hydrogens (tertiary/aromatic N) is 3. The number of benzene rings is 2. The van der Waals surface area contributed by atoms with Crippen LogP contribution in [0.2, 0.25) is 10.0 Å². The van der Waals surface area contributed by atoms with Gasteiger partial charge in [-0.25, -0.2) is 0 Å². The first-order valence-corrected chi connectivity index (χ1v) is 6.49. The number of phenols is 1. The van der Waals surface area contributed by atoms with Crippen molar-refractivity contribution in [2.75, 3.05) is 0 Å². The smallest absolute Gasteiger partial charge is 0.298 e. The molecule has 0 aliphatic carbocycles. The van der Waals surface area contributed by atoms with Crippen LogP contribution >= 0.6 is 23.2 Å². The van der Waals surface area contributed by atoms with Crippen LogP contribution in [-0.4, -0.2) is 10.0 Å². The molecule has 0 saturated heterocycles. The fourth-order valence-electron chi connectivity index (χ4n) is 1.63. The van der Waals surface area contributed by atoms with Gasteiger partial charge in [-0.1, -0.05) is 23.2 Å². The molecule has 0 radical (unpaired) electrons. The topological polar surface area (TPSA) is 88.1 Å². The first-order chi connectivity index (χ1) is 9.88. The Labute approximate surface area is 129 Å². The van der Waals surface area contributed by atoms with Gasteiger partial charge in [0.2, 0.25) is 0 Å². The van der Waals surface area contributed by atoms with Crippen molar-refractivity contribution < 1.29 is 10.0 Å². The highest BCUT2D eigenvalue weighted by molar-refractivity contribution is 6.32. The number of aromatic hydroxyl groups is 1. The minimum atomic E-state index is -0.608. The summed E-state index contributed by atoms with van der Waals surface area (Å²) in [5.41, 5.74) is 0.660. The lowest BCUT2D eigenvalue weighted by Crippen LogP contribution is -1.87. The molecule has 0 saturated carbocycles. The molecule has 0 spiro atoms. The van der Waals surface area contributed by atoms with Crippen molar-refractivity contribution in [2.24, 2.45) is 10.2 Å². The summed E-state index contributed by atoms with van der Waals surface area (Å²) in [7, 11) is 0. The third kappa shape index (κ3) is 3.48. The minimum Gasteiger partial charge on any atom is -0.504 e. The average Bonchev–Trinajstić information content (AvgIpc) is 2.42. The van der Waals surface area contributed by atoms with Crippen molar-refractivity contribution in [1.29, 1.82) is 0 Å². The Morgan fingerprint density at radius 3 is 2.48 bits per heavy atom. The zero-order chi connectivity index (χ0) is 15.6. The normalized spacial score (nSPS) is 11.0. The number of rotatable bonds is 3. The minimum absolute atomic E-state index is 0.0291. The van der Waals surface area contributed by atoms with Crippen molar-refractivity contribution in [3.8, 4) is 5.75 Å². The van der Waals surface area contributed by atoms with Gasteiger partial charge in [-0.15, -0.1) is 10.2 Å². The molecular formula is C13H9Cl2N3O3. The summed E-state index contributed by atoms with van der Waals surface area (Å²) in [4.78, 5) is 10.3. The molecule has 21 heavy (non-hydrogen) atoms. The molecule has 2 aromatic rings. The van der Waals surface area contributed by atoms with Gasteiger partial charge in [-0.2, -0.15) is 0 Å². The van der Waals surface area contributed by atoms with E-state index in [1.807, 2.05) is 0 Å². The maximum absolute atomic E-state index is 10.9. The Balaban J connectivity index is 2.45. The van der Waals surface area contributed by atoms with Crippen LogP contribution in [0.1, 0.15) is 5.56 Å². The molecular weight excluding hydrogens is 317 g/mol. The Bertz CT molecular complexity index is 748. The van der Waals surface area contributed by atoms with E-state index in [-0.39, 0.29) is 32.9 Å². The molecule has 0 unspecified atom stereocenters. The summed E-state index contributed by atoms with van der Waals surface area (Å²) in [6, 6.07) is 7.15. The number of azo groups is 1. The number of aryl methyl sites for hydroxylation is 1. The molecule has 108 valence electrons. The van der Waals surface area contributed by atoms with E-state index in [0.29, 0.717) is 0 Å². The fraction of sp³-hybridized carbons (Fsp3) is 0.0769. The zero-order valence-electron chi connectivity index (χ0n) is 10.7. The van der Waals surface area contributed by atoms with Gasteiger partial charge in [-0.05, 0) is 36.8 Å². The number of halogens is 2. The molecule has 0 aliphatic heterocycles. The SMILES string of the molecule is Cc1cc(Cl)c(O)c(N=Nc2ccc(Cl)cc2[N+](=O)[O-])c1. The molecule has 1 N–H and O–H groups in total. The number of phenolic OH excluding ortho intramolecular Hbond substituents is 1. The van der Waals surface area contributed by atoms with Gasteiger partial charge in [-0.3, -0.25) is 10.1 Å². The molecule has 0 amide bonds. The third-order valence-electron chi connectivity index (χ3n) is 2.59. The van der Waals surface area contributed by atoms with Gasteiger partial charge in [0.15, 0.2) is 11.4 Å². The molecule has 0 heterocycles. The molecule has 0 atom stereocenters. The second-order valence-electron chi connectivity index (χ2n) is 4.20. The predicted molar refractivity (Wildman–Crippen MR) is 80.1 cm³/mol. The second kappa shape index (κ2) is 6.07. The molecule has 2 aromatic carbocycles. The molecule has 0 aromatic heterocycles. The summed E-state index contributed by atoms with van der Waals surface area (Å²) >= 11 is 11.5. The van der Waals surface area contributed by atoms with Crippen LogP contribution in [0, 0.1) is 17.0 Å². The van der Waals surface area contributed by atoms with Gasteiger partial charge in [0.05, 0.1) is 9.95 Å². The molecule has 0 fully saturated rings. The fourth-order valence-corrected chi connectivity index (χ4v) is 2.06. The number of nitro groups is 1. The summed E-state index contributed by atoms with van der Waals surface area (Å²) in [5, 5.41) is 28.7. The van der Waals surface area contributed by atoms with Gasteiger partial charge in [0, 0.05) is 11.1 Å². The highest BCUT2D eigenvalue weighted by Gasteiger charge is 2.14. The van der Waals surface area contributed by atoms with E-state index in [0.717, 1.165) is 5.56 Å². The maximum atomic E-state index is 10.9. The van der Waals surface area contributed by atoms with Gasteiger partial charge in [0.1, 0.15) is 5.69 Å². The van der Waals surface area contributed by atoms with E-state index in [9.17, 15) is 15.2 Å². The highest BCUT2D eigenvalue weighted by Crippen LogP contribution is 2.37. The van der Waals surface area contributed by atoms with Crippen molar-refractivity contribution in [3.63, 3.8) is 0 Å². The van der Waals surface area contributed by atoms with Crippen LogP contribution in [0.25, 0.3) is 0 Å². The van der Waals surface area contributed by atoms with Crippen LogP contribution in [0.15, 0.2) is 40.6 Å². The maximum Gasteiger partial charge on any atom is 0.298 e. The third-order valence-corrected chi connectivity index (χ3v) is 3.11. The second-order valence-corrected chi connectivity index (χ2v) is 5.05. The van der Waals surface area contributed by atoms with E-state index in [2.05, 4.69) is 10.2 Å². The summed E-state index contributed by atoms with van der Waals surface area (Å²) in [6.07, 6.45) is 0.